The third kappa shape index (κ3) is 6.67. The highest BCUT2D eigenvalue weighted by Crippen LogP contribution is 2.68. The highest BCUT2D eigenvalue weighted by molar-refractivity contribution is 9.09. The molecule has 9 heteroatoms. The van der Waals surface area contributed by atoms with E-state index in [1.807, 2.05) is 11.0 Å². The fourth-order valence-corrected chi connectivity index (χ4v) is 10.9. The van der Waals surface area contributed by atoms with Gasteiger partial charge in [0.15, 0.2) is 0 Å². The van der Waals surface area contributed by atoms with Crippen molar-refractivity contribution in [2.75, 3.05) is 26.3 Å². The summed E-state index contributed by atoms with van der Waals surface area (Å²) in [6, 6.07) is -0.691. The quantitative estimate of drug-likeness (QED) is 0.112. The second kappa shape index (κ2) is 13.3. The van der Waals surface area contributed by atoms with Gasteiger partial charge in [-0.3, -0.25) is 14.4 Å². The minimum Gasteiger partial charge on any atom is -0.465 e. The van der Waals surface area contributed by atoms with Gasteiger partial charge in [-0.05, 0) is 64.2 Å². The highest BCUT2D eigenvalue weighted by Gasteiger charge is 2.76. The van der Waals surface area contributed by atoms with Crippen molar-refractivity contribution in [1.82, 2.24) is 9.80 Å². The molecule has 0 aromatic carbocycles. The van der Waals surface area contributed by atoms with Crippen LogP contribution in [0, 0.1) is 17.3 Å². The van der Waals surface area contributed by atoms with E-state index in [0.29, 0.717) is 39.0 Å². The van der Waals surface area contributed by atoms with Crippen molar-refractivity contribution in [1.29, 1.82) is 0 Å². The number of unbranched alkanes of at least 4 members (excludes halogenated alkanes) is 3. The Kier molecular flexibility index (Phi) is 11.1. The molecule has 0 saturated carbocycles. The number of fused-ring (bicyclic) bond motifs is 1. The van der Waals surface area contributed by atoms with E-state index in [1.54, 1.807) is 22.7 Å². The number of aliphatic hydroxyl groups excluding tert-OH is 1. The molecule has 2 bridgehead atoms. The van der Waals surface area contributed by atoms with Gasteiger partial charge in [-0.25, -0.2) is 0 Å². The predicted octanol–water partition coefficient (Wildman–Crippen LogP) is 5.35. The van der Waals surface area contributed by atoms with E-state index in [4.69, 9.17) is 4.74 Å². The van der Waals surface area contributed by atoms with E-state index >= 15 is 0 Å². The van der Waals surface area contributed by atoms with Crippen molar-refractivity contribution in [3.8, 4) is 0 Å². The molecule has 1 spiro atoms. The van der Waals surface area contributed by atoms with Crippen LogP contribution in [-0.2, 0) is 19.1 Å². The van der Waals surface area contributed by atoms with E-state index in [2.05, 4.69) is 63.7 Å². The molecule has 0 aromatic rings. The minimum atomic E-state index is -0.712. The Morgan fingerprint density at radius 1 is 1.18 bits per heavy atom. The average molecular weight is 642 g/mol. The summed E-state index contributed by atoms with van der Waals surface area (Å²) >= 11 is 5.46. The molecule has 0 aliphatic carbocycles. The molecule has 1 N–H and O–H groups in total. The van der Waals surface area contributed by atoms with Gasteiger partial charge >= 0.3 is 5.97 Å². The van der Waals surface area contributed by atoms with E-state index in [9.17, 15) is 19.5 Å². The topological polar surface area (TPSA) is 87.2 Å². The molecule has 0 radical (unpaired) electrons. The largest absolute Gasteiger partial charge is 0.465 e. The lowest BCUT2D eigenvalue weighted by molar-refractivity contribution is -0.154. The molecule has 3 aliphatic heterocycles. The fraction of sp³-hybridized carbons (Fsp3) is 0.774. The van der Waals surface area contributed by atoms with Crippen LogP contribution in [0.4, 0.5) is 0 Å². The Bertz CT molecular complexity index is 966. The van der Waals surface area contributed by atoms with Crippen LogP contribution in [0.2, 0.25) is 0 Å². The third-order valence-electron chi connectivity index (χ3n) is 8.42. The number of esters is 1. The lowest BCUT2D eigenvalue weighted by atomic mass is 9.70. The Morgan fingerprint density at radius 2 is 1.88 bits per heavy atom. The van der Waals surface area contributed by atoms with E-state index < -0.39 is 28.2 Å². The smallest absolute Gasteiger partial charge is 0.310 e. The molecule has 3 aliphatic rings. The first-order valence-electron chi connectivity index (χ1n) is 14.7. The number of nitrogens with zero attached hydrogens (tertiary/aromatic N) is 2. The maximum absolute atomic E-state index is 14.7. The molecule has 3 fully saturated rings. The van der Waals surface area contributed by atoms with Crippen LogP contribution in [0.3, 0.4) is 0 Å². The number of hydrogen-bond donors (Lipinski definition) is 1. The number of likely N-dealkylation sites (tertiary alicyclic amines) is 1. The monoisotopic (exact) mass is 640 g/mol. The summed E-state index contributed by atoms with van der Waals surface area (Å²) in [7, 11) is 0. The summed E-state index contributed by atoms with van der Waals surface area (Å²) < 4.78 is 5.02. The molecule has 3 heterocycles. The Morgan fingerprint density at radius 3 is 2.48 bits per heavy atom. The molecule has 40 heavy (non-hydrogen) atoms. The second-order valence-electron chi connectivity index (χ2n) is 13.4. The highest BCUT2D eigenvalue weighted by atomic mass is 79.9. The number of ether oxygens (including phenoxy) is 1. The summed E-state index contributed by atoms with van der Waals surface area (Å²) in [6.07, 6.45) is 8.66. The SMILES string of the molecule is C=CCCCCOC(=O)[C@H]1[C@@H]2SC3(CC2Br)C(C(=O)N(CC=C)C(C)(C)CC(C)(C)C)N(CCCCO)C(=O)[C@H]13. The summed E-state index contributed by atoms with van der Waals surface area (Å²) in [5, 5.41) is 9.31. The number of alkyl halides is 1. The molecular weight excluding hydrogens is 592 g/mol. The van der Waals surface area contributed by atoms with Crippen molar-refractivity contribution in [2.45, 2.75) is 106 Å². The molecular formula is C31H49BrN2O5S. The van der Waals surface area contributed by atoms with Gasteiger partial charge in [0.25, 0.3) is 0 Å². The molecule has 226 valence electrons. The van der Waals surface area contributed by atoms with E-state index in [1.165, 1.54) is 0 Å². The zero-order chi connectivity index (χ0) is 29.9. The standard InChI is InChI=1S/C31H49BrN2O5S/c1-8-10-11-14-18-39-28(38)22-23-26(36)33(16-12-13-17-35)25(31(23)19-21(32)24(22)40-31)27(37)34(15-9-2)30(6,7)20-29(3,4)5/h8-9,21-25,35H,1-2,10-20H2,3-7H3/t21?,22-,23+,24-,25?,31?/m1/s1. The van der Waals surface area contributed by atoms with Gasteiger partial charge in [0.05, 0.1) is 23.2 Å². The number of carbonyl (C=O) groups excluding carboxylic acids is 3. The Labute approximate surface area is 253 Å². The molecule has 2 amide bonds. The van der Waals surface area contributed by atoms with Crippen LogP contribution in [0.25, 0.3) is 0 Å². The van der Waals surface area contributed by atoms with Crippen LogP contribution in [0.15, 0.2) is 25.3 Å². The van der Waals surface area contributed by atoms with Crippen molar-refractivity contribution in [3.63, 3.8) is 0 Å². The van der Waals surface area contributed by atoms with E-state index in [-0.39, 0.29) is 39.9 Å². The Hall–Kier alpha value is -1.32. The van der Waals surface area contributed by atoms with Gasteiger partial charge in [-0.1, -0.05) is 48.9 Å². The number of hydrogen-bond acceptors (Lipinski definition) is 6. The van der Waals surface area contributed by atoms with Gasteiger partial charge in [-0.15, -0.1) is 24.9 Å². The van der Waals surface area contributed by atoms with Gasteiger partial charge in [0.1, 0.15) is 6.04 Å². The third-order valence-corrected chi connectivity index (χ3v) is 11.6. The van der Waals surface area contributed by atoms with Crippen molar-refractivity contribution in [2.24, 2.45) is 17.3 Å². The lowest BCUT2D eigenvalue weighted by Gasteiger charge is -2.46. The van der Waals surface area contributed by atoms with Gasteiger partial charge in [0, 0.05) is 35.3 Å². The molecule has 7 nitrogen and oxygen atoms in total. The normalized spacial score (nSPS) is 29.4. The van der Waals surface area contributed by atoms with Crippen molar-refractivity contribution >= 4 is 45.5 Å². The molecule has 3 rings (SSSR count). The molecule has 3 saturated heterocycles. The van der Waals surface area contributed by atoms with Gasteiger partial charge in [0.2, 0.25) is 11.8 Å². The van der Waals surface area contributed by atoms with Crippen LogP contribution < -0.4 is 0 Å². The Balaban J connectivity index is 1.99. The van der Waals surface area contributed by atoms with Crippen LogP contribution in [-0.4, -0.2) is 85.4 Å². The summed E-state index contributed by atoms with van der Waals surface area (Å²) in [6.45, 7) is 19.4. The number of aliphatic hydroxyl groups is 1. The maximum atomic E-state index is 14.7. The second-order valence-corrected chi connectivity index (χ2v) is 16.1. The number of thioether (sulfide) groups is 1. The average Bonchev–Trinajstić information content (AvgIpc) is 3.44. The number of rotatable bonds is 15. The number of amides is 2. The number of allylic oxidation sites excluding steroid dienone is 1. The fourth-order valence-electron chi connectivity index (χ4n) is 7.28. The molecule has 6 atom stereocenters. The van der Waals surface area contributed by atoms with E-state index in [0.717, 1.165) is 25.7 Å². The zero-order valence-electron chi connectivity index (χ0n) is 25.0. The van der Waals surface area contributed by atoms with Gasteiger partial charge in [-0.2, -0.15) is 0 Å². The summed E-state index contributed by atoms with van der Waals surface area (Å²) in [5.41, 5.74) is -0.491. The van der Waals surface area contributed by atoms with Crippen molar-refractivity contribution < 1.29 is 24.2 Å². The maximum Gasteiger partial charge on any atom is 0.310 e. The zero-order valence-corrected chi connectivity index (χ0v) is 27.4. The van der Waals surface area contributed by atoms with Gasteiger partial charge < -0.3 is 19.6 Å². The van der Waals surface area contributed by atoms with Crippen LogP contribution in [0.5, 0.6) is 0 Å². The first-order chi connectivity index (χ1) is 18.8. The molecule has 0 aromatic heterocycles. The van der Waals surface area contributed by atoms with Crippen LogP contribution in [0.1, 0.15) is 79.6 Å². The minimum absolute atomic E-state index is 0.00278. The summed E-state index contributed by atoms with van der Waals surface area (Å²) in [4.78, 5) is 46.0. The van der Waals surface area contributed by atoms with Crippen LogP contribution >= 0.6 is 27.7 Å². The first-order valence-corrected chi connectivity index (χ1v) is 16.5. The predicted molar refractivity (Wildman–Crippen MR) is 165 cm³/mol. The first kappa shape index (κ1) is 33.2. The molecule has 3 unspecified atom stereocenters. The number of halogens is 1. The lowest BCUT2D eigenvalue weighted by Crippen LogP contribution is -2.60. The number of carbonyl (C=O) groups is 3. The van der Waals surface area contributed by atoms with Crippen molar-refractivity contribution in [3.05, 3.63) is 25.3 Å². The summed E-state index contributed by atoms with van der Waals surface area (Å²) in [5.74, 6) is -1.74.